The van der Waals surface area contributed by atoms with Crippen LogP contribution in [0.2, 0.25) is 5.02 Å². The summed E-state index contributed by atoms with van der Waals surface area (Å²) in [6.07, 6.45) is 0. The van der Waals surface area contributed by atoms with E-state index in [2.05, 4.69) is 10.0 Å². The smallest absolute Gasteiger partial charge is 0.261 e. The maximum absolute atomic E-state index is 12.9. The molecule has 0 saturated carbocycles. The molecule has 0 atom stereocenters. The predicted octanol–water partition coefficient (Wildman–Crippen LogP) is 4.53. The van der Waals surface area contributed by atoms with Gasteiger partial charge in [0.05, 0.1) is 15.6 Å². The van der Waals surface area contributed by atoms with Gasteiger partial charge in [-0.05, 0) is 60.7 Å². The van der Waals surface area contributed by atoms with Crippen molar-refractivity contribution < 1.29 is 17.6 Å². The highest BCUT2D eigenvalue weighted by Crippen LogP contribution is 2.24. The molecule has 0 heterocycles. The van der Waals surface area contributed by atoms with Crippen molar-refractivity contribution in [2.24, 2.45) is 0 Å². The molecule has 0 aromatic heterocycles. The van der Waals surface area contributed by atoms with Crippen LogP contribution in [0.15, 0.2) is 77.7 Å². The first-order valence-electron chi connectivity index (χ1n) is 7.79. The van der Waals surface area contributed by atoms with Crippen LogP contribution in [0, 0.1) is 5.82 Å². The number of hydrogen-bond acceptors (Lipinski definition) is 3. The van der Waals surface area contributed by atoms with E-state index in [1.54, 1.807) is 24.3 Å². The van der Waals surface area contributed by atoms with E-state index in [-0.39, 0.29) is 21.2 Å². The average Bonchev–Trinajstić information content (AvgIpc) is 2.64. The van der Waals surface area contributed by atoms with E-state index >= 15 is 0 Å². The molecule has 0 aliphatic rings. The fraction of sp³-hybridized carbons (Fsp3) is 0. The maximum Gasteiger partial charge on any atom is 0.261 e. The van der Waals surface area contributed by atoms with Gasteiger partial charge < -0.3 is 5.32 Å². The highest BCUT2D eigenvalue weighted by atomic mass is 35.5. The fourth-order valence-electron chi connectivity index (χ4n) is 2.27. The van der Waals surface area contributed by atoms with Crippen molar-refractivity contribution >= 4 is 38.9 Å². The number of carbonyl (C=O) groups is 1. The lowest BCUT2D eigenvalue weighted by Crippen LogP contribution is -2.14. The Bertz CT molecular complexity index is 1070. The van der Waals surface area contributed by atoms with E-state index in [4.69, 9.17) is 11.6 Å². The minimum absolute atomic E-state index is 0.0159. The van der Waals surface area contributed by atoms with Crippen molar-refractivity contribution in [2.75, 3.05) is 10.0 Å². The van der Waals surface area contributed by atoms with Crippen molar-refractivity contribution in [1.82, 2.24) is 0 Å². The van der Waals surface area contributed by atoms with Gasteiger partial charge >= 0.3 is 0 Å². The number of nitrogens with one attached hydrogen (secondary N) is 2. The molecule has 0 fully saturated rings. The Hall–Kier alpha value is -2.90. The molecular formula is C19H14ClFN2O3S. The zero-order chi connectivity index (χ0) is 19.4. The molecule has 0 radical (unpaired) electrons. The number of benzene rings is 3. The summed E-state index contributed by atoms with van der Waals surface area (Å²) < 4.78 is 40.2. The van der Waals surface area contributed by atoms with Crippen LogP contribution in [0.1, 0.15) is 10.4 Å². The van der Waals surface area contributed by atoms with Gasteiger partial charge in [-0.1, -0.05) is 23.7 Å². The lowest BCUT2D eigenvalue weighted by Gasteiger charge is -2.10. The summed E-state index contributed by atoms with van der Waals surface area (Å²) in [5, 5.41) is 2.90. The highest BCUT2D eigenvalue weighted by molar-refractivity contribution is 7.92. The molecule has 27 heavy (non-hydrogen) atoms. The lowest BCUT2D eigenvalue weighted by molar-refractivity contribution is 0.102. The quantitative estimate of drug-likeness (QED) is 0.655. The lowest BCUT2D eigenvalue weighted by atomic mass is 10.2. The average molecular weight is 405 g/mol. The van der Waals surface area contributed by atoms with Crippen LogP contribution in [0.4, 0.5) is 15.8 Å². The van der Waals surface area contributed by atoms with E-state index in [0.717, 1.165) is 0 Å². The molecule has 3 aromatic rings. The predicted molar refractivity (Wildman–Crippen MR) is 103 cm³/mol. The summed E-state index contributed by atoms with van der Waals surface area (Å²) in [5.41, 5.74) is 0.961. The number of halogens is 2. The number of para-hydroxylation sites is 1. The minimum Gasteiger partial charge on any atom is -0.322 e. The number of amides is 1. The molecule has 5 nitrogen and oxygen atoms in total. The molecule has 8 heteroatoms. The number of carbonyl (C=O) groups excluding carboxylic acids is 1. The Morgan fingerprint density at radius 1 is 0.889 bits per heavy atom. The molecule has 3 rings (SSSR count). The Balaban J connectivity index is 1.73. The monoisotopic (exact) mass is 404 g/mol. The first kappa shape index (κ1) is 18.9. The number of rotatable bonds is 5. The Morgan fingerprint density at radius 2 is 1.52 bits per heavy atom. The summed E-state index contributed by atoms with van der Waals surface area (Å²) >= 11 is 5.97. The zero-order valence-electron chi connectivity index (χ0n) is 13.8. The van der Waals surface area contributed by atoms with E-state index in [9.17, 15) is 17.6 Å². The molecule has 138 valence electrons. The molecule has 0 saturated heterocycles. The molecule has 0 aliphatic carbocycles. The standard InChI is InChI=1S/C19H14ClFN2O3S/c20-17-3-1-2-4-18(17)23-27(25,26)16-11-9-15(10-12-16)22-19(24)13-5-7-14(21)8-6-13/h1-12,23H,(H,22,24). The Morgan fingerprint density at radius 3 is 2.15 bits per heavy atom. The molecule has 0 unspecified atom stereocenters. The van der Waals surface area contributed by atoms with Gasteiger partial charge in [0, 0.05) is 11.3 Å². The fourth-order valence-corrected chi connectivity index (χ4v) is 3.59. The van der Waals surface area contributed by atoms with Crippen LogP contribution in [-0.2, 0) is 10.0 Å². The molecule has 1 amide bonds. The van der Waals surface area contributed by atoms with E-state index in [1.807, 2.05) is 0 Å². The SMILES string of the molecule is O=C(Nc1ccc(S(=O)(=O)Nc2ccccc2Cl)cc1)c1ccc(F)cc1. The first-order chi connectivity index (χ1) is 12.8. The van der Waals surface area contributed by atoms with E-state index < -0.39 is 21.7 Å². The normalized spacial score (nSPS) is 11.0. The Kier molecular flexibility index (Phi) is 5.43. The summed E-state index contributed by atoms with van der Waals surface area (Å²) in [7, 11) is -3.83. The summed E-state index contributed by atoms with van der Waals surface area (Å²) in [6, 6.07) is 17.2. The molecular weight excluding hydrogens is 391 g/mol. The van der Waals surface area contributed by atoms with Crippen molar-refractivity contribution in [1.29, 1.82) is 0 Å². The second-order valence-electron chi connectivity index (χ2n) is 5.57. The molecule has 0 bridgehead atoms. The highest BCUT2D eigenvalue weighted by Gasteiger charge is 2.16. The topological polar surface area (TPSA) is 75.3 Å². The van der Waals surface area contributed by atoms with Crippen molar-refractivity contribution in [3.8, 4) is 0 Å². The van der Waals surface area contributed by atoms with Gasteiger partial charge in [-0.3, -0.25) is 9.52 Å². The van der Waals surface area contributed by atoms with Crippen LogP contribution in [0.3, 0.4) is 0 Å². The van der Waals surface area contributed by atoms with Gasteiger partial charge in [0.2, 0.25) is 0 Å². The van der Waals surface area contributed by atoms with Crippen LogP contribution in [-0.4, -0.2) is 14.3 Å². The minimum atomic E-state index is -3.83. The van der Waals surface area contributed by atoms with Crippen LogP contribution < -0.4 is 10.0 Å². The number of anilines is 2. The van der Waals surface area contributed by atoms with Crippen molar-refractivity contribution in [3.05, 3.63) is 89.2 Å². The van der Waals surface area contributed by atoms with Crippen molar-refractivity contribution in [2.45, 2.75) is 4.90 Å². The summed E-state index contributed by atoms with van der Waals surface area (Å²) in [6.45, 7) is 0. The molecule has 0 spiro atoms. The van der Waals surface area contributed by atoms with Crippen molar-refractivity contribution in [3.63, 3.8) is 0 Å². The number of sulfonamides is 1. The third-order valence-corrected chi connectivity index (χ3v) is 5.36. The maximum atomic E-state index is 12.9. The van der Waals surface area contributed by atoms with E-state index in [0.29, 0.717) is 5.69 Å². The number of hydrogen-bond donors (Lipinski definition) is 2. The first-order valence-corrected chi connectivity index (χ1v) is 9.65. The van der Waals surface area contributed by atoms with Gasteiger partial charge in [0.1, 0.15) is 5.82 Å². The summed E-state index contributed by atoms with van der Waals surface area (Å²) in [5.74, 6) is -0.869. The second-order valence-corrected chi connectivity index (χ2v) is 7.66. The van der Waals surface area contributed by atoms with Crippen LogP contribution in [0.25, 0.3) is 0 Å². The second kappa shape index (κ2) is 7.77. The van der Waals surface area contributed by atoms with Gasteiger partial charge in [0.25, 0.3) is 15.9 Å². The third kappa shape index (κ3) is 4.64. The summed E-state index contributed by atoms with van der Waals surface area (Å²) in [4.78, 5) is 12.1. The van der Waals surface area contributed by atoms with Gasteiger partial charge in [-0.15, -0.1) is 0 Å². The third-order valence-electron chi connectivity index (χ3n) is 3.65. The van der Waals surface area contributed by atoms with Gasteiger partial charge in [0.15, 0.2) is 0 Å². The molecule has 0 aliphatic heterocycles. The van der Waals surface area contributed by atoms with Crippen LogP contribution >= 0.6 is 11.6 Å². The molecule has 3 aromatic carbocycles. The van der Waals surface area contributed by atoms with E-state index in [1.165, 1.54) is 48.5 Å². The molecule has 2 N–H and O–H groups in total. The Labute approximate surface area is 160 Å². The zero-order valence-corrected chi connectivity index (χ0v) is 15.4. The van der Waals surface area contributed by atoms with Gasteiger partial charge in [-0.2, -0.15) is 0 Å². The largest absolute Gasteiger partial charge is 0.322 e. The van der Waals surface area contributed by atoms with Crippen LogP contribution in [0.5, 0.6) is 0 Å². The van der Waals surface area contributed by atoms with Gasteiger partial charge in [-0.25, -0.2) is 12.8 Å².